The Labute approximate surface area is 172 Å². The zero-order valence-corrected chi connectivity index (χ0v) is 15.7. The van der Waals surface area contributed by atoms with Crippen LogP contribution in [-0.4, -0.2) is 33.9 Å². The summed E-state index contributed by atoms with van der Waals surface area (Å²) in [4.78, 5) is 16.4. The van der Waals surface area contributed by atoms with Gasteiger partial charge in [0.2, 0.25) is 5.82 Å². The van der Waals surface area contributed by atoms with Gasteiger partial charge in [-0.15, -0.1) is 0 Å². The minimum atomic E-state index is -4.49. The first kappa shape index (κ1) is 22.3. The second-order valence-corrected chi connectivity index (χ2v) is 6.52. The van der Waals surface area contributed by atoms with Gasteiger partial charge in [0.1, 0.15) is 18.0 Å². The molecule has 1 heterocycles. The molecule has 2 N–H and O–H groups in total. The second kappa shape index (κ2) is 9.21. The van der Waals surface area contributed by atoms with Crippen LogP contribution in [0.2, 0.25) is 0 Å². The standard InChI is InChI=1S/C20H16F5N3O3/c21-14-7-3-12(4-8-15(22)9-14)18(30)26-16(10-29)19-27-17(28-31-19)11-1-5-13(6-2-11)20(23,24)25/h1-7,9,14,16,29H,8,10H2,(H,26,30)/b7-3?,12-4+,15-9+/t14?,16-/m0/s1. The van der Waals surface area contributed by atoms with Crippen molar-refractivity contribution in [1.29, 1.82) is 0 Å². The highest BCUT2D eigenvalue weighted by Crippen LogP contribution is 2.30. The monoisotopic (exact) mass is 441 g/mol. The topological polar surface area (TPSA) is 88.2 Å². The molecule has 0 radical (unpaired) electrons. The molecule has 0 saturated heterocycles. The van der Waals surface area contributed by atoms with Crippen molar-refractivity contribution in [2.45, 2.75) is 24.8 Å². The Hall–Kier alpha value is -3.34. The smallest absolute Gasteiger partial charge is 0.394 e. The van der Waals surface area contributed by atoms with E-state index in [1.807, 2.05) is 0 Å². The molecule has 0 saturated carbocycles. The first-order valence-electron chi connectivity index (χ1n) is 8.99. The molecule has 1 amide bonds. The van der Waals surface area contributed by atoms with E-state index in [4.69, 9.17) is 4.52 Å². The van der Waals surface area contributed by atoms with Crippen molar-refractivity contribution in [3.8, 4) is 11.4 Å². The highest BCUT2D eigenvalue weighted by molar-refractivity contribution is 5.96. The molecule has 1 aliphatic rings. The number of nitrogens with zero attached hydrogens (tertiary/aromatic N) is 2. The number of nitrogens with one attached hydrogen (secondary N) is 1. The number of hydrogen-bond acceptors (Lipinski definition) is 5. The summed E-state index contributed by atoms with van der Waals surface area (Å²) in [6.07, 6.45) is -2.26. The van der Waals surface area contributed by atoms with Crippen molar-refractivity contribution < 1.29 is 36.4 Å². The van der Waals surface area contributed by atoms with E-state index >= 15 is 0 Å². The number of aliphatic hydroxyl groups excluding tert-OH is 1. The number of rotatable bonds is 5. The van der Waals surface area contributed by atoms with Crippen molar-refractivity contribution in [1.82, 2.24) is 15.5 Å². The third-order valence-electron chi connectivity index (χ3n) is 4.28. The van der Waals surface area contributed by atoms with Crippen LogP contribution in [0.3, 0.4) is 0 Å². The summed E-state index contributed by atoms with van der Waals surface area (Å²) < 4.78 is 69.9. The first-order chi connectivity index (χ1) is 14.7. The van der Waals surface area contributed by atoms with Gasteiger partial charge in [0, 0.05) is 17.6 Å². The average Bonchev–Trinajstić information content (AvgIpc) is 3.20. The van der Waals surface area contributed by atoms with Crippen LogP contribution in [0.25, 0.3) is 11.4 Å². The summed E-state index contributed by atoms with van der Waals surface area (Å²) in [5, 5.41) is 15.6. The van der Waals surface area contributed by atoms with Gasteiger partial charge in [-0.3, -0.25) is 4.79 Å². The van der Waals surface area contributed by atoms with E-state index in [1.54, 1.807) is 0 Å². The quantitative estimate of drug-likeness (QED) is 0.686. The number of alkyl halides is 4. The van der Waals surface area contributed by atoms with E-state index in [2.05, 4.69) is 15.5 Å². The SMILES string of the molecule is O=C(N[C@@H](CO)c1nc(-c2ccc(C(F)(F)F)cc2)no1)/C1=C/C/C(F)=C\C(F)C=C1. The summed E-state index contributed by atoms with van der Waals surface area (Å²) in [5.41, 5.74) is -0.650. The fourth-order valence-corrected chi connectivity index (χ4v) is 2.67. The Bertz CT molecular complexity index is 1030. The van der Waals surface area contributed by atoms with Gasteiger partial charge in [-0.05, 0) is 24.3 Å². The number of aromatic nitrogens is 2. The van der Waals surface area contributed by atoms with Crippen LogP contribution in [0.5, 0.6) is 0 Å². The number of carbonyl (C=O) groups excluding carboxylic acids is 1. The molecule has 0 aliphatic heterocycles. The molecule has 11 heteroatoms. The fourth-order valence-electron chi connectivity index (χ4n) is 2.67. The lowest BCUT2D eigenvalue weighted by Gasteiger charge is -2.13. The number of carbonyl (C=O) groups is 1. The maximum Gasteiger partial charge on any atom is 0.416 e. The number of hydrogen-bond donors (Lipinski definition) is 2. The van der Waals surface area contributed by atoms with Gasteiger partial charge in [-0.2, -0.15) is 18.2 Å². The Morgan fingerprint density at radius 2 is 2.00 bits per heavy atom. The zero-order chi connectivity index (χ0) is 22.6. The van der Waals surface area contributed by atoms with E-state index in [0.717, 1.165) is 36.4 Å². The Kier molecular flexibility index (Phi) is 6.64. The lowest BCUT2D eigenvalue weighted by atomic mass is 10.1. The van der Waals surface area contributed by atoms with Gasteiger partial charge >= 0.3 is 6.18 Å². The molecule has 1 aliphatic carbocycles. The van der Waals surface area contributed by atoms with Crippen LogP contribution in [0.15, 0.2) is 64.5 Å². The fraction of sp³-hybridized carbons (Fsp3) is 0.250. The third kappa shape index (κ3) is 5.63. The number of halogens is 5. The van der Waals surface area contributed by atoms with Crippen molar-refractivity contribution in [2.75, 3.05) is 6.61 Å². The van der Waals surface area contributed by atoms with Crippen LogP contribution < -0.4 is 5.32 Å². The molecule has 2 atom stereocenters. The second-order valence-electron chi connectivity index (χ2n) is 6.52. The van der Waals surface area contributed by atoms with Crippen molar-refractivity contribution in [2.24, 2.45) is 0 Å². The van der Waals surface area contributed by atoms with Crippen molar-refractivity contribution in [3.63, 3.8) is 0 Å². The van der Waals surface area contributed by atoms with Crippen LogP contribution in [-0.2, 0) is 11.0 Å². The van der Waals surface area contributed by atoms with Gasteiger partial charge in [-0.1, -0.05) is 29.4 Å². The van der Waals surface area contributed by atoms with Crippen molar-refractivity contribution >= 4 is 5.91 Å². The van der Waals surface area contributed by atoms with E-state index < -0.39 is 42.3 Å². The predicted molar refractivity (Wildman–Crippen MR) is 98.6 cm³/mol. The Morgan fingerprint density at radius 1 is 1.29 bits per heavy atom. The molecule has 164 valence electrons. The third-order valence-corrected chi connectivity index (χ3v) is 4.28. The van der Waals surface area contributed by atoms with Crippen LogP contribution in [0, 0.1) is 0 Å². The molecule has 1 aromatic heterocycles. The van der Waals surface area contributed by atoms with E-state index in [-0.39, 0.29) is 29.3 Å². The molecule has 0 spiro atoms. The predicted octanol–water partition coefficient (Wildman–Crippen LogP) is 3.98. The summed E-state index contributed by atoms with van der Waals surface area (Å²) in [7, 11) is 0. The molecule has 1 unspecified atom stereocenters. The Morgan fingerprint density at radius 3 is 2.65 bits per heavy atom. The molecule has 6 nitrogen and oxygen atoms in total. The van der Waals surface area contributed by atoms with E-state index in [1.165, 1.54) is 12.2 Å². The lowest BCUT2D eigenvalue weighted by molar-refractivity contribution is -0.137. The van der Waals surface area contributed by atoms with Gasteiger partial charge in [0.25, 0.3) is 11.8 Å². The highest BCUT2D eigenvalue weighted by atomic mass is 19.4. The molecule has 0 fully saturated rings. The molecule has 3 rings (SSSR count). The number of aliphatic hydroxyl groups is 1. The highest BCUT2D eigenvalue weighted by Gasteiger charge is 2.30. The largest absolute Gasteiger partial charge is 0.416 e. The summed E-state index contributed by atoms with van der Waals surface area (Å²) in [6.45, 7) is -0.641. The number of amides is 1. The summed E-state index contributed by atoms with van der Waals surface area (Å²) in [5.74, 6) is -1.73. The molecule has 0 bridgehead atoms. The molecular weight excluding hydrogens is 425 g/mol. The first-order valence-corrected chi connectivity index (χ1v) is 8.99. The average molecular weight is 441 g/mol. The van der Waals surface area contributed by atoms with Crippen LogP contribution in [0.1, 0.15) is 23.9 Å². The van der Waals surface area contributed by atoms with Gasteiger partial charge in [0.15, 0.2) is 0 Å². The minimum Gasteiger partial charge on any atom is -0.394 e. The Balaban J connectivity index is 1.74. The molecule has 2 aromatic rings. The summed E-state index contributed by atoms with van der Waals surface area (Å²) >= 11 is 0. The normalized spacial score (nSPS) is 21.3. The summed E-state index contributed by atoms with van der Waals surface area (Å²) in [6, 6.07) is 2.88. The maximum absolute atomic E-state index is 13.5. The minimum absolute atomic E-state index is 0.0353. The molecule has 31 heavy (non-hydrogen) atoms. The van der Waals surface area contributed by atoms with Crippen LogP contribution in [0.4, 0.5) is 22.0 Å². The van der Waals surface area contributed by atoms with E-state index in [9.17, 15) is 31.9 Å². The van der Waals surface area contributed by atoms with Crippen LogP contribution >= 0.6 is 0 Å². The van der Waals surface area contributed by atoms with E-state index in [0.29, 0.717) is 0 Å². The maximum atomic E-state index is 13.5. The molecule has 1 aromatic carbocycles. The lowest BCUT2D eigenvalue weighted by Crippen LogP contribution is -2.32. The van der Waals surface area contributed by atoms with Gasteiger partial charge < -0.3 is 14.9 Å². The number of allylic oxidation sites excluding steroid dienone is 4. The van der Waals surface area contributed by atoms with Gasteiger partial charge in [0.05, 0.1) is 12.2 Å². The number of benzene rings is 1. The zero-order valence-electron chi connectivity index (χ0n) is 15.7. The van der Waals surface area contributed by atoms with Gasteiger partial charge in [-0.25, -0.2) is 8.78 Å². The van der Waals surface area contributed by atoms with Crippen molar-refractivity contribution in [3.05, 3.63) is 71.4 Å². The molecular formula is C20H16F5N3O3.